The normalized spacial score (nSPS) is 18.2. The molecule has 1 fully saturated rings. The van der Waals surface area contributed by atoms with Crippen molar-refractivity contribution < 1.29 is 27.8 Å². The molecule has 0 radical (unpaired) electrons. The zero-order valence-corrected chi connectivity index (χ0v) is 22.7. The van der Waals surface area contributed by atoms with Gasteiger partial charge in [-0.1, -0.05) is 30.3 Å². The summed E-state index contributed by atoms with van der Waals surface area (Å²) >= 11 is 0. The van der Waals surface area contributed by atoms with Gasteiger partial charge >= 0.3 is 5.97 Å². The summed E-state index contributed by atoms with van der Waals surface area (Å²) in [5.74, 6) is 0.706. The number of hydrogen-bond acceptors (Lipinski definition) is 5. The topological polar surface area (TPSA) is 89.9 Å². The van der Waals surface area contributed by atoms with E-state index in [0.29, 0.717) is 26.1 Å². The third-order valence-corrected chi connectivity index (χ3v) is 8.48. The fraction of sp³-hybridized carbons (Fsp3) is 0.387. The van der Waals surface area contributed by atoms with Crippen LogP contribution in [0.4, 0.5) is 0 Å². The van der Waals surface area contributed by atoms with E-state index in [1.54, 1.807) is 0 Å². The molecule has 0 bridgehead atoms. The fourth-order valence-electron chi connectivity index (χ4n) is 5.44. The Hall–Kier alpha value is -3.32. The number of aliphatic carboxylic acids is 1. The number of ether oxygens (including phenoxy) is 2. The highest BCUT2D eigenvalue weighted by molar-refractivity contribution is 7.90. The van der Waals surface area contributed by atoms with Crippen LogP contribution >= 0.6 is 0 Å². The van der Waals surface area contributed by atoms with E-state index in [1.165, 1.54) is 28.5 Å². The largest absolute Gasteiger partial charge is 0.494 e. The minimum atomic E-state index is -2.99. The zero-order valence-electron chi connectivity index (χ0n) is 21.9. The summed E-state index contributed by atoms with van der Waals surface area (Å²) in [6, 6.07) is 18.9. The first kappa shape index (κ1) is 26.3. The molecule has 5 rings (SSSR count). The number of aryl methyl sites for hydroxylation is 2. The molecule has 200 valence electrons. The zero-order chi connectivity index (χ0) is 26.9. The number of hydrogen-bond donors (Lipinski definition) is 1. The van der Waals surface area contributed by atoms with Crippen molar-refractivity contribution in [1.29, 1.82) is 0 Å². The highest BCUT2D eigenvalue weighted by Crippen LogP contribution is 2.49. The number of benzene rings is 3. The predicted octanol–water partition coefficient (Wildman–Crippen LogP) is 5.91. The van der Waals surface area contributed by atoms with E-state index in [-0.39, 0.29) is 17.6 Å². The summed E-state index contributed by atoms with van der Waals surface area (Å²) < 4.78 is 34.7. The molecule has 3 aromatic rings. The molecule has 0 spiro atoms. The molecular weight excluding hydrogens is 500 g/mol. The van der Waals surface area contributed by atoms with Gasteiger partial charge in [-0.3, -0.25) is 4.79 Å². The lowest BCUT2D eigenvalue weighted by Crippen LogP contribution is -2.08. The number of carbonyl (C=O) groups is 1. The molecule has 2 atom stereocenters. The van der Waals surface area contributed by atoms with Crippen molar-refractivity contribution in [2.45, 2.75) is 44.9 Å². The number of rotatable bonds is 10. The van der Waals surface area contributed by atoms with Crippen molar-refractivity contribution in [3.05, 3.63) is 71.3 Å². The molecule has 38 heavy (non-hydrogen) atoms. The van der Waals surface area contributed by atoms with Gasteiger partial charge in [-0.25, -0.2) is 8.42 Å². The Bertz CT molecular complexity index is 1460. The molecule has 1 saturated carbocycles. The third-order valence-electron chi connectivity index (χ3n) is 7.45. The lowest BCUT2D eigenvalue weighted by molar-refractivity contribution is -0.138. The first-order valence-corrected chi connectivity index (χ1v) is 15.4. The fourth-order valence-corrected chi connectivity index (χ4v) is 6.08. The van der Waals surface area contributed by atoms with Crippen molar-refractivity contribution in [3.63, 3.8) is 0 Å². The van der Waals surface area contributed by atoms with Crippen LogP contribution in [0.1, 0.15) is 48.8 Å². The number of fused-ring (bicyclic) bond motifs is 3. The van der Waals surface area contributed by atoms with Gasteiger partial charge in [0.25, 0.3) is 0 Å². The number of carboxylic acid groups (broad SMARTS) is 1. The Kier molecular flexibility index (Phi) is 7.48. The van der Waals surface area contributed by atoms with E-state index in [9.17, 15) is 18.3 Å². The SMILES string of the molecule is CCOc1cc([C@H]2C[C@@H]2C(=O)O)ccc1-c1ccc2c(c1)-c1ccc(OCCCS(C)(=O)=O)cc1CCC2. The molecule has 2 aliphatic carbocycles. The van der Waals surface area contributed by atoms with Crippen molar-refractivity contribution in [2.75, 3.05) is 25.2 Å². The molecule has 0 heterocycles. The van der Waals surface area contributed by atoms with Crippen molar-refractivity contribution >= 4 is 15.8 Å². The van der Waals surface area contributed by atoms with E-state index in [4.69, 9.17) is 9.47 Å². The second-order valence-corrected chi connectivity index (χ2v) is 12.6. The van der Waals surface area contributed by atoms with Crippen LogP contribution in [-0.2, 0) is 27.5 Å². The highest BCUT2D eigenvalue weighted by Gasteiger charge is 2.44. The summed E-state index contributed by atoms with van der Waals surface area (Å²) in [5, 5.41) is 9.35. The third kappa shape index (κ3) is 5.88. The Balaban J connectivity index is 1.43. The molecule has 6 nitrogen and oxygen atoms in total. The van der Waals surface area contributed by atoms with Crippen LogP contribution in [0.15, 0.2) is 54.6 Å². The van der Waals surface area contributed by atoms with Gasteiger partial charge in [-0.15, -0.1) is 0 Å². The quantitative estimate of drug-likeness (QED) is 0.325. The van der Waals surface area contributed by atoms with Gasteiger partial charge in [0.1, 0.15) is 21.3 Å². The minimum Gasteiger partial charge on any atom is -0.494 e. The van der Waals surface area contributed by atoms with Crippen LogP contribution < -0.4 is 9.47 Å². The smallest absolute Gasteiger partial charge is 0.307 e. The van der Waals surface area contributed by atoms with Crippen LogP contribution in [0.25, 0.3) is 22.3 Å². The average Bonchev–Trinajstić information content (AvgIpc) is 3.70. The number of carboxylic acids is 1. The maximum Gasteiger partial charge on any atom is 0.307 e. The lowest BCUT2D eigenvalue weighted by Gasteiger charge is -2.16. The van der Waals surface area contributed by atoms with E-state index in [1.807, 2.05) is 25.1 Å². The van der Waals surface area contributed by atoms with Crippen molar-refractivity contribution in [3.8, 4) is 33.8 Å². The van der Waals surface area contributed by atoms with Gasteiger partial charge in [-0.05, 0) is 103 Å². The summed E-state index contributed by atoms with van der Waals surface area (Å²) in [6.45, 7) is 2.86. The summed E-state index contributed by atoms with van der Waals surface area (Å²) in [6.07, 6.45) is 5.38. The van der Waals surface area contributed by atoms with Gasteiger partial charge in [0.2, 0.25) is 0 Å². The summed E-state index contributed by atoms with van der Waals surface area (Å²) in [4.78, 5) is 11.4. The Morgan fingerprint density at radius 2 is 1.74 bits per heavy atom. The molecule has 2 aliphatic rings. The molecule has 0 unspecified atom stereocenters. The Morgan fingerprint density at radius 3 is 2.47 bits per heavy atom. The van der Waals surface area contributed by atoms with Gasteiger partial charge in [0.15, 0.2) is 0 Å². The predicted molar refractivity (Wildman–Crippen MR) is 149 cm³/mol. The second-order valence-electron chi connectivity index (χ2n) is 10.4. The van der Waals surface area contributed by atoms with Gasteiger partial charge < -0.3 is 14.6 Å². The molecule has 1 N–H and O–H groups in total. The first-order valence-electron chi connectivity index (χ1n) is 13.3. The van der Waals surface area contributed by atoms with Crippen LogP contribution in [0, 0.1) is 5.92 Å². The molecule has 0 aromatic heterocycles. The van der Waals surface area contributed by atoms with E-state index < -0.39 is 15.8 Å². The highest BCUT2D eigenvalue weighted by atomic mass is 32.2. The Labute approximate surface area is 224 Å². The summed E-state index contributed by atoms with van der Waals surface area (Å²) in [5.41, 5.74) is 8.04. The molecule has 0 aliphatic heterocycles. The monoisotopic (exact) mass is 534 g/mol. The van der Waals surface area contributed by atoms with E-state index >= 15 is 0 Å². The maximum atomic E-state index is 11.4. The molecule has 0 amide bonds. The molecule has 3 aromatic carbocycles. The average molecular weight is 535 g/mol. The van der Waals surface area contributed by atoms with Crippen molar-refractivity contribution in [2.24, 2.45) is 5.92 Å². The lowest BCUT2D eigenvalue weighted by atomic mass is 9.92. The number of sulfone groups is 1. The Morgan fingerprint density at radius 1 is 0.947 bits per heavy atom. The van der Waals surface area contributed by atoms with Gasteiger partial charge in [0, 0.05) is 11.8 Å². The van der Waals surface area contributed by atoms with Crippen LogP contribution in [0.5, 0.6) is 11.5 Å². The van der Waals surface area contributed by atoms with Crippen molar-refractivity contribution in [1.82, 2.24) is 0 Å². The molecule has 0 saturated heterocycles. The molecule has 7 heteroatoms. The van der Waals surface area contributed by atoms with Gasteiger partial charge in [0.05, 0.1) is 24.9 Å². The van der Waals surface area contributed by atoms with Crippen LogP contribution in [-0.4, -0.2) is 44.7 Å². The first-order chi connectivity index (χ1) is 18.2. The summed E-state index contributed by atoms with van der Waals surface area (Å²) in [7, 11) is -2.99. The van der Waals surface area contributed by atoms with E-state index in [2.05, 4.69) is 36.4 Å². The van der Waals surface area contributed by atoms with E-state index in [0.717, 1.165) is 47.5 Å². The molecular formula is C31H34O6S. The maximum absolute atomic E-state index is 11.4. The standard InChI is InChI=1S/C31H34O6S/c1-3-36-30-18-23(28-19-29(28)31(32)33)10-12-26(30)22-9-8-20-6-4-7-21-16-24(11-13-25(21)27(20)17-22)37-14-5-15-38(2,34)35/h8-13,16-18,28-29H,3-7,14-15,19H2,1-2H3,(H,32,33)/t28-,29+/m1/s1. The van der Waals surface area contributed by atoms with Gasteiger partial charge in [-0.2, -0.15) is 0 Å². The second kappa shape index (κ2) is 10.8. The minimum absolute atomic E-state index is 0.0578. The van der Waals surface area contributed by atoms with Crippen LogP contribution in [0.2, 0.25) is 0 Å². The van der Waals surface area contributed by atoms with Crippen LogP contribution in [0.3, 0.4) is 0 Å².